The van der Waals surface area contributed by atoms with Crippen molar-refractivity contribution >= 4 is 29.2 Å². The van der Waals surface area contributed by atoms with Crippen molar-refractivity contribution in [3.63, 3.8) is 0 Å². The van der Waals surface area contributed by atoms with Gasteiger partial charge in [0, 0.05) is 38.2 Å². The molecule has 2 aliphatic rings. The predicted octanol–water partition coefficient (Wildman–Crippen LogP) is 2.95. The molecule has 7 heteroatoms. The van der Waals surface area contributed by atoms with Gasteiger partial charge < -0.3 is 15.1 Å². The van der Waals surface area contributed by atoms with Gasteiger partial charge in [0.2, 0.25) is 11.8 Å². The molecular formula is C23H26N4O3. The van der Waals surface area contributed by atoms with Crippen molar-refractivity contribution in [2.75, 3.05) is 30.4 Å². The first-order valence-corrected chi connectivity index (χ1v) is 10.4. The Kier molecular flexibility index (Phi) is 5.79. The van der Waals surface area contributed by atoms with E-state index in [2.05, 4.69) is 10.3 Å². The van der Waals surface area contributed by atoms with Gasteiger partial charge in [-0.3, -0.25) is 14.4 Å². The van der Waals surface area contributed by atoms with Crippen molar-refractivity contribution in [1.29, 1.82) is 0 Å². The van der Waals surface area contributed by atoms with Crippen LogP contribution in [-0.2, 0) is 9.59 Å². The molecule has 2 heterocycles. The number of likely N-dealkylation sites (tertiary alicyclic amines) is 1. The lowest BCUT2D eigenvalue weighted by molar-refractivity contribution is -0.121. The Balaban J connectivity index is 1.39. The molecule has 1 aliphatic heterocycles. The Morgan fingerprint density at radius 2 is 1.67 bits per heavy atom. The van der Waals surface area contributed by atoms with Crippen molar-refractivity contribution < 1.29 is 14.4 Å². The molecule has 1 N–H and O–H groups in total. The highest BCUT2D eigenvalue weighted by molar-refractivity contribution is 6.05. The van der Waals surface area contributed by atoms with Crippen LogP contribution in [0.15, 0.2) is 48.7 Å². The van der Waals surface area contributed by atoms with E-state index in [4.69, 9.17) is 0 Å². The van der Waals surface area contributed by atoms with E-state index in [0.717, 1.165) is 12.8 Å². The van der Waals surface area contributed by atoms with Crippen LogP contribution in [0.3, 0.4) is 0 Å². The van der Waals surface area contributed by atoms with Gasteiger partial charge >= 0.3 is 0 Å². The summed E-state index contributed by atoms with van der Waals surface area (Å²) in [4.78, 5) is 45.7. The Morgan fingerprint density at radius 1 is 0.967 bits per heavy atom. The zero-order valence-electron chi connectivity index (χ0n) is 17.1. The second kappa shape index (κ2) is 8.65. The van der Waals surface area contributed by atoms with E-state index in [1.54, 1.807) is 41.2 Å². The van der Waals surface area contributed by atoms with Crippen molar-refractivity contribution in [2.24, 2.45) is 11.8 Å². The lowest BCUT2D eigenvalue weighted by atomic mass is 9.95. The molecule has 30 heavy (non-hydrogen) atoms. The summed E-state index contributed by atoms with van der Waals surface area (Å²) in [6.45, 7) is 1.02. The molecular weight excluding hydrogens is 380 g/mol. The smallest absolute Gasteiger partial charge is 0.255 e. The maximum absolute atomic E-state index is 13.2. The Bertz CT molecular complexity index is 934. The quantitative estimate of drug-likeness (QED) is 0.828. The lowest BCUT2D eigenvalue weighted by Crippen LogP contribution is -2.42. The maximum atomic E-state index is 13.2. The third kappa shape index (κ3) is 4.35. The number of hydrogen-bond donors (Lipinski definition) is 1. The van der Waals surface area contributed by atoms with Gasteiger partial charge in [0.25, 0.3) is 5.91 Å². The van der Waals surface area contributed by atoms with Gasteiger partial charge in [0.05, 0.1) is 11.3 Å². The van der Waals surface area contributed by atoms with Crippen LogP contribution in [0.4, 0.5) is 11.5 Å². The number of carbonyl (C=O) groups excluding carboxylic acids is 3. The fourth-order valence-corrected chi connectivity index (χ4v) is 3.85. The fourth-order valence-electron chi connectivity index (χ4n) is 3.85. The van der Waals surface area contributed by atoms with E-state index < -0.39 is 0 Å². The number of amides is 3. The molecule has 3 amide bonds. The predicted molar refractivity (Wildman–Crippen MR) is 114 cm³/mol. The summed E-state index contributed by atoms with van der Waals surface area (Å²) in [7, 11) is 1.74. The largest absolute Gasteiger partial charge is 0.339 e. The molecule has 0 atom stereocenters. The summed E-state index contributed by atoms with van der Waals surface area (Å²) in [6, 6.07) is 12.6. The highest BCUT2D eigenvalue weighted by Crippen LogP contribution is 2.33. The number of nitrogens with zero attached hydrogens (tertiary/aromatic N) is 3. The van der Waals surface area contributed by atoms with Crippen LogP contribution in [-0.4, -0.2) is 47.7 Å². The van der Waals surface area contributed by atoms with Crippen molar-refractivity contribution in [1.82, 2.24) is 9.88 Å². The second-order valence-corrected chi connectivity index (χ2v) is 7.96. The average Bonchev–Trinajstić information content (AvgIpc) is 3.64. The minimum absolute atomic E-state index is 0.0593. The van der Waals surface area contributed by atoms with Gasteiger partial charge in [-0.1, -0.05) is 18.2 Å². The van der Waals surface area contributed by atoms with Gasteiger partial charge in [0.15, 0.2) is 0 Å². The summed E-state index contributed by atoms with van der Waals surface area (Å²) in [5.41, 5.74) is 1.18. The Labute approximate surface area is 176 Å². The number of aromatic nitrogens is 1. The van der Waals surface area contributed by atoms with E-state index in [1.807, 2.05) is 24.3 Å². The number of nitrogens with one attached hydrogen (secondary N) is 1. The van der Waals surface area contributed by atoms with Gasteiger partial charge in [0.1, 0.15) is 5.82 Å². The minimum atomic E-state index is -0.148. The Morgan fingerprint density at radius 3 is 2.33 bits per heavy atom. The fraction of sp³-hybridized carbons (Fsp3) is 0.391. The van der Waals surface area contributed by atoms with Gasteiger partial charge in [-0.2, -0.15) is 0 Å². The summed E-state index contributed by atoms with van der Waals surface area (Å²) in [6.07, 6.45) is 4.69. The standard InChI is InChI=1S/C23H26N4O3/c1-26(22(29)17-9-10-17)19-7-3-2-6-18(19)23(30)27-14-11-16(12-15-27)21(28)25-20-8-4-5-13-24-20/h2-8,13,16-17H,9-12,14-15H2,1H3,(H,24,25,28). The van der Waals surface area contributed by atoms with Gasteiger partial charge in [-0.25, -0.2) is 4.98 Å². The average molecular weight is 406 g/mol. The number of para-hydroxylation sites is 1. The monoisotopic (exact) mass is 406 g/mol. The van der Waals surface area contributed by atoms with Crippen molar-refractivity contribution in [3.05, 3.63) is 54.2 Å². The van der Waals surface area contributed by atoms with E-state index in [0.29, 0.717) is 43.0 Å². The number of benzene rings is 1. The molecule has 156 valence electrons. The lowest BCUT2D eigenvalue weighted by Gasteiger charge is -2.32. The van der Waals surface area contributed by atoms with Crippen LogP contribution in [0, 0.1) is 11.8 Å². The van der Waals surface area contributed by atoms with Crippen molar-refractivity contribution in [2.45, 2.75) is 25.7 Å². The molecule has 4 rings (SSSR count). The van der Waals surface area contributed by atoms with Crippen LogP contribution in [0.2, 0.25) is 0 Å². The van der Waals surface area contributed by atoms with Crippen LogP contribution >= 0.6 is 0 Å². The molecule has 2 fully saturated rings. The molecule has 7 nitrogen and oxygen atoms in total. The molecule has 1 aromatic carbocycles. The SMILES string of the molecule is CN(C(=O)C1CC1)c1ccccc1C(=O)N1CCC(C(=O)Nc2ccccn2)CC1. The summed E-state index contributed by atoms with van der Waals surface area (Å²) in [5.74, 6) is 0.399. The topological polar surface area (TPSA) is 82.6 Å². The van der Waals surface area contributed by atoms with Crippen molar-refractivity contribution in [3.8, 4) is 0 Å². The maximum Gasteiger partial charge on any atom is 0.255 e. The highest BCUT2D eigenvalue weighted by Gasteiger charge is 2.34. The molecule has 0 bridgehead atoms. The van der Waals surface area contributed by atoms with Gasteiger partial charge in [-0.15, -0.1) is 0 Å². The number of anilines is 2. The minimum Gasteiger partial charge on any atom is -0.339 e. The molecule has 0 spiro atoms. The molecule has 1 aromatic heterocycles. The van der Waals surface area contributed by atoms with E-state index in [9.17, 15) is 14.4 Å². The normalized spacial score (nSPS) is 16.8. The summed E-state index contributed by atoms with van der Waals surface area (Å²) >= 11 is 0. The molecule has 1 aliphatic carbocycles. The number of pyridine rings is 1. The number of piperidine rings is 1. The number of hydrogen-bond acceptors (Lipinski definition) is 4. The van der Waals surface area contributed by atoms with Crippen LogP contribution in [0.5, 0.6) is 0 Å². The van der Waals surface area contributed by atoms with Crippen LogP contribution in [0.1, 0.15) is 36.0 Å². The first kappa shape index (κ1) is 20.1. The zero-order chi connectivity index (χ0) is 21.1. The third-order valence-electron chi connectivity index (χ3n) is 5.82. The summed E-state index contributed by atoms with van der Waals surface area (Å²) < 4.78 is 0. The summed E-state index contributed by atoms with van der Waals surface area (Å²) in [5, 5.41) is 2.84. The molecule has 1 saturated carbocycles. The van der Waals surface area contributed by atoms with E-state index >= 15 is 0 Å². The number of rotatable bonds is 5. The zero-order valence-corrected chi connectivity index (χ0v) is 17.1. The highest BCUT2D eigenvalue weighted by atomic mass is 16.2. The molecule has 0 unspecified atom stereocenters. The van der Waals surface area contributed by atoms with Gasteiger partial charge in [-0.05, 0) is 49.9 Å². The molecule has 1 saturated heterocycles. The first-order chi connectivity index (χ1) is 14.5. The second-order valence-electron chi connectivity index (χ2n) is 7.96. The van der Waals surface area contributed by atoms with Crippen LogP contribution < -0.4 is 10.2 Å². The Hall–Kier alpha value is -3.22. The van der Waals surface area contributed by atoms with Crippen LogP contribution in [0.25, 0.3) is 0 Å². The first-order valence-electron chi connectivity index (χ1n) is 10.4. The number of carbonyl (C=O) groups is 3. The molecule has 0 radical (unpaired) electrons. The third-order valence-corrected chi connectivity index (χ3v) is 5.82. The van der Waals surface area contributed by atoms with E-state index in [1.165, 1.54) is 0 Å². The molecule has 2 aromatic rings. The van der Waals surface area contributed by atoms with E-state index in [-0.39, 0.29) is 29.6 Å².